The zero-order chi connectivity index (χ0) is 10.9. The van der Waals surface area contributed by atoms with Crippen molar-refractivity contribution in [2.24, 2.45) is 17.1 Å². The molecule has 1 saturated heterocycles. The SMILES string of the molecule is CC1CCC(C)N(CC2(CN)CCC2)C1. The highest BCUT2D eigenvalue weighted by atomic mass is 15.2. The zero-order valence-corrected chi connectivity index (χ0v) is 10.3. The van der Waals surface area contributed by atoms with Crippen molar-refractivity contribution >= 4 is 0 Å². The van der Waals surface area contributed by atoms with E-state index in [9.17, 15) is 0 Å². The summed E-state index contributed by atoms with van der Waals surface area (Å²) in [5.41, 5.74) is 6.43. The van der Waals surface area contributed by atoms with Gasteiger partial charge in [0, 0.05) is 19.1 Å². The van der Waals surface area contributed by atoms with Crippen molar-refractivity contribution < 1.29 is 0 Å². The van der Waals surface area contributed by atoms with Crippen LogP contribution in [0, 0.1) is 11.3 Å². The second kappa shape index (κ2) is 4.42. The van der Waals surface area contributed by atoms with Gasteiger partial charge in [-0.05, 0) is 50.5 Å². The Morgan fingerprint density at radius 3 is 2.53 bits per heavy atom. The first-order valence-corrected chi connectivity index (χ1v) is 6.59. The van der Waals surface area contributed by atoms with Crippen molar-refractivity contribution in [3.05, 3.63) is 0 Å². The summed E-state index contributed by atoms with van der Waals surface area (Å²) in [6.07, 6.45) is 6.91. The first kappa shape index (κ1) is 11.4. The largest absolute Gasteiger partial charge is 0.330 e. The van der Waals surface area contributed by atoms with Gasteiger partial charge in [0.2, 0.25) is 0 Å². The summed E-state index contributed by atoms with van der Waals surface area (Å²) >= 11 is 0. The number of piperidine rings is 1. The van der Waals surface area contributed by atoms with E-state index < -0.39 is 0 Å². The summed E-state index contributed by atoms with van der Waals surface area (Å²) in [7, 11) is 0. The molecule has 0 aromatic heterocycles. The second-order valence-corrected chi connectivity index (χ2v) is 6.02. The van der Waals surface area contributed by atoms with E-state index >= 15 is 0 Å². The Kier molecular flexibility index (Phi) is 3.36. The molecule has 0 aromatic rings. The molecule has 2 heteroatoms. The smallest absolute Gasteiger partial charge is 0.00673 e. The topological polar surface area (TPSA) is 29.3 Å². The Morgan fingerprint density at radius 2 is 2.00 bits per heavy atom. The van der Waals surface area contributed by atoms with E-state index in [4.69, 9.17) is 5.73 Å². The molecular formula is C13H26N2. The van der Waals surface area contributed by atoms with Crippen LogP contribution in [0.15, 0.2) is 0 Å². The van der Waals surface area contributed by atoms with Gasteiger partial charge in [-0.25, -0.2) is 0 Å². The van der Waals surface area contributed by atoms with Crippen molar-refractivity contribution in [2.75, 3.05) is 19.6 Å². The molecule has 2 nitrogen and oxygen atoms in total. The van der Waals surface area contributed by atoms with E-state index in [0.717, 1.165) is 18.5 Å². The van der Waals surface area contributed by atoms with E-state index in [1.807, 2.05) is 0 Å². The molecule has 1 aliphatic heterocycles. The first-order chi connectivity index (χ1) is 7.15. The Labute approximate surface area is 94.2 Å². The van der Waals surface area contributed by atoms with Crippen LogP contribution < -0.4 is 5.73 Å². The number of hydrogen-bond acceptors (Lipinski definition) is 2. The van der Waals surface area contributed by atoms with Gasteiger partial charge in [-0.2, -0.15) is 0 Å². The lowest BCUT2D eigenvalue weighted by Gasteiger charge is -2.48. The van der Waals surface area contributed by atoms with Crippen LogP contribution >= 0.6 is 0 Å². The molecule has 1 aliphatic carbocycles. The molecule has 2 unspecified atom stereocenters. The van der Waals surface area contributed by atoms with Gasteiger partial charge in [0.15, 0.2) is 0 Å². The van der Waals surface area contributed by atoms with Crippen molar-refractivity contribution in [1.82, 2.24) is 4.90 Å². The molecule has 15 heavy (non-hydrogen) atoms. The zero-order valence-electron chi connectivity index (χ0n) is 10.3. The van der Waals surface area contributed by atoms with Crippen molar-refractivity contribution in [3.63, 3.8) is 0 Å². The van der Waals surface area contributed by atoms with Gasteiger partial charge >= 0.3 is 0 Å². The van der Waals surface area contributed by atoms with E-state index in [2.05, 4.69) is 18.7 Å². The summed E-state index contributed by atoms with van der Waals surface area (Å²) in [6.45, 7) is 8.21. The Balaban J connectivity index is 1.91. The molecule has 2 atom stereocenters. The second-order valence-electron chi connectivity index (χ2n) is 6.02. The van der Waals surface area contributed by atoms with E-state index in [1.54, 1.807) is 0 Å². The molecular weight excluding hydrogens is 184 g/mol. The van der Waals surface area contributed by atoms with Crippen LogP contribution in [-0.2, 0) is 0 Å². The van der Waals surface area contributed by atoms with Gasteiger partial charge in [-0.15, -0.1) is 0 Å². The third kappa shape index (κ3) is 2.36. The van der Waals surface area contributed by atoms with Gasteiger partial charge in [-0.1, -0.05) is 13.3 Å². The van der Waals surface area contributed by atoms with Gasteiger partial charge in [-0.3, -0.25) is 4.90 Å². The molecule has 1 saturated carbocycles. The number of nitrogens with zero attached hydrogens (tertiary/aromatic N) is 1. The minimum Gasteiger partial charge on any atom is -0.330 e. The monoisotopic (exact) mass is 210 g/mol. The van der Waals surface area contributed by atoms with Crippen LogP contribution in [0.4, 0.5) is 0 Å². The third-order valence-corrected chi connectivity index (χ3v) is 4.63. The molecule has 0 bridgehead atoms. The molecule has 0 spiro atoms. The van der Waals surface area contributed by atoms with E-state index in [0.29, 0.717) is 5.41 Å². The summed E-state index contributed by atoms with van der Waals surface area (Å²) in [6, 6.07) is 0.783. The van der Waals surface area contributed by atoms with Gasteiger partial charge in [0.1, 0.15) is 0 Å². The van der Waals surface area contributed by atoms with Crippen molar-refractivity contribution in [1.29, 1.82) is 0 Å². The average Bonchev–Trinajstić information content (AvgIpc) is 2.17. The Morgan fingerprint density at radius 1 is 1.27 bits per heavy atom. The number of hydrogen-bond donors (Lipinski definition) is 1. The molecule has 0 amide bonds. The summed E-state index contributed by atoms with van der Waals surface area (Å²) in [4.78, 5) is 2.69. The van der Waals surface area contributed by atoms with Crippen LogP contribution in [0.3, 0.4) is 0 Å². The maximum atomic E-state index is 5.94. The summed E-state index contributed by atoms with van der Waals surface area (Å²) in [5.74, 6) is 0.885. The highest BCUT2D eigenvalue weighted by Gasteiger charge is 2.38. The number of likely N-dealkylation sites (tertiary alicyclic amines) is 1. The Hall–Kier alpha value is -0.0800. The predicted molar refractivity (Wildman–Crippen MR) is 64.8 cm³/mol. The van der Waals surface area contributed by atoms with E-state index in [-0.39, 0.29) is 0 Å². The standard InChI is InChI=1S/C13H26N2/c1-11-4-5-12(2)15(8-11)10-13(9-14)6-3-7-13/h11-12H,3-10,14H2,1-2H3. The molecule has 0 aromatic carbocycles. The molecule has 1 heterocycles. The highest BCUT2D eigenvalue weighted by molar-refractivity contribution is 4.93. The quantitative estimate of drug-likeness (QED) is 0.774. The normalized spacial score (nSPS) is 36.2. The minimum atomic E-state index is 0.491. The summed E-state index contributed by atoms with van der Waals surface area (Å²) in [5, 5.41) is 0. The lowest BCUT2D eigenvalue weighted by Crippen LogP contribution is -2.52. The van der Waals surface area contributed by atoms with Crippen LogP contribution in [-0.4, -0.2) is 30.6 Å². The lowest BCUT2D eigenvalue weighted by molar-refractivity contribution is 0.0271. The predicted octanol–water partition coefficient (Wildman–Crippen LogP) is 2.24. The number of rotatable bonds is 3. The van der Waals surface area contributed by atoms with Crippen molar-refractivity contribution in [2.45, 2.75) is 52.0 Å². The molecule has 2 aliphatic rings. The van der Waals surface area contributed by atoms with Crippen LogP contribution in [0.5, 0.6) is 0 Å². The van der Waals surface area contributed by atoms with Crippen molar-refractivity contribution in [3.8, 4) is 0 Å². The van der Waals surface area contributed by atoms with Gasteiger partial charge < -0.3 is 5.73 Å². The van der Waals surface area contributed by atoms with Gasteiger partial charge in [0.25, 0.3) is 0 Å². The molecule has 2 rings (SSSR count). The lowest BCUT2D eigenvalue weighted by atomic mass is 9.68. The fourth-order valence-electron chi connectivity index (χ4n) is 3.13. The number of nitrogens with two attached hydrogens (primary N) is 1. The fourth-order valence-corrected chi connectivity index (χ4v) is 3.13. The van der Waals surface area contributed by atoms with Gasteiger partial charge in [0.05, 0.1) is 0 Å². The maximum Gasteiger partial charge on any atom is 0.00673 e. The van der Waals surface area contributed by atoms with E-state index in [1.165, 1.54) is 45.2 Å². The third-order valence-electron chi connectivity index (χ3n) is 4.63. The van der Waals surface area contributed by atoms with Crippen LogP contribution in [0.25, 0.3) is 0 Å². The molecule has 2 N–H and O–H groups in total. The molecule has 2 fully saturated rings. The first-order valence-electron chi connectivity index (χ1n) is 6.59. The summed E-state index contributed by atoms with van der Waals surface area (Å²) < 4.78 is 0. The Bertz CT molecular complexity index is 205. The molecule has 88 valence electrons. The maximum absolute atomic E-state index is 5.94. The molecule has 0 radical (unpaired) electrons. The van der Waals surface area contributed by atoms with Crippen LogP contribution in [0.2, 0.25) is 0 Å². The average molecular weight is 210 g/mol. The fraction of sp³-hybridized carbons (Fsp3) is 1.00. The van der Waals surface area contributed by atoms with Crippen LogP contribution in [0.1, 0.15) is 46.0 Å². The minimum absolute atomic E-state index is 0.491. The highest BCUT2D eigenvalue weighted by Crippen LogP contribution is 2.41.